The van der Waals surface area contributed by atoms with E-state index in [-0.39, 0.29) is 0 Å². The first kappa shape index (κ1) is 10.2. The van der Waals surface area contributed by atoms with Gasteiger partial charge in [-0.05, 0) is 51.2 Å². The summed E-state index contributed by atoms with van der Waals surface area (Å²) < 4.78 is 0. The van der Waals surface area contributed by atoms with Crippen molar-refractivity contribution < 1.29 is 4.79 Å². The van der Waals surface area contributed by atoms with Crippen LogP contribution in [0.5, 0.6) is 0 Å². The fourth-order valence-electron chi connectivity index (χ4n) is 2.11. The highest BCUT2D eigenvalue weighted by Gasteiger charge is 2.24. The van der Waals surface area contributed by atoms with E-state index in [4.69, 9.17) is 0 Å². The van der Waals surface area contributed by atoms with Crippen molar-refractivity contribution in [2.45, 2.75) is 45.1 Å². The van der Waals surface area contributed by atoms with Gasteiger partial charge in [0.05, 0.1) is 0 Å². The molecule has 0 radical (unpaired) electrons. The Labute approximate surface area is 89.6 Å². The van der Waals surface area contributed by atoms with Crippen molar-refractivity contribution in [3.05, 3.63) is 23.0 Å². The summed E-state index contributed by atoms with van der Waals surface area (Å²) >= 11 is 0. The Bertz CT molecular complexity index is 388. The molecule has 0 amide bonds. The minimum atomic E-state index is -0.473. The maximum atomic E-state index is 10.3. The van der Waals surface area contributed by atoms with Gasteiger partial charge in [0.15, 0.2) is 0 Å². The largest absolute Gasteiger partial charge is 0.360 e. The van der Waals surface area contributed by atoms with Crippen LogP contribution >= 0.6 is 0 Å². The normalized spacial score (nSPS) is 15.6. The van der Waals surface area contributed by atoms with Crippen LogP contribution in [0.15, 0.2) is 11.1 Å². The fourth-order valence-corrected chi connectivity index (χ4v) is 2.11. The van der Waals surface area contributed by atoms with Crippen molar-refractivity contribution in [1.29, 1.82) is 0 Å². The van der Waals surface area contributed by atoms with Crippen molar-refractivity contribution in [2.75, 3.05) is 0 Å². The van der Waals surface area contributed by atoms with E-state index < -0.39 is 5.54 Å². The predicted octanol–water partition coefficient (Wildman–Crippen LogP) is 2.46. The van der Waals surface area contributed by atoms with Crippen molar-refractivity contribution in [3.63, 3.8) is 0 Å². The molecule has 0 bridgehead atoms. The van der Waals surface area contributed by atoms with Gasteiger partial charge in [0.1, 0.15) is 5.54 Å². The number of rotatable bonds is 2. The molecule has 0 unspecified atom stereocenters. The zero-order valence-electron chi connectivity index (χ0n) is 9.26. The lowest BCUT2D eigenvalue weighted by molar-refractivity contribution is 0.513. The standard InChI is InChI=1S/C12H16N2O/c1-12(2,13-8-15)11-7-9-5-3-4-6-10(9)14-11/h7,14H,3-6H2,1-2H3. The number of aliphatic imine (C=N–C) groups is 1. The van der Waals surface area contributed by atoms with E-state index >= 15 is 0 Å². The Morgan fingerprint density at radius 2 is 2.13 bits per heavy atom. The molecule has 2 rings (SSSR count). The molecule has 1 aliphatic rings. The summed E-state index contributed by atoms with van der Waals surface area (Å²) in [5.41, 5.74) is 3.27. The summed E-state index contributed by atoms with van der Waals surface area (Å²) in [6, 6.07) is 2.15. The van der Waals surface area contributed by atoms with Crippen LogP contribution in [0, 0.1) is 0 Å². The minimum Gasteiger partial charge on any atom is -0.360 e. The highest BCUT2D eigenvalue weighted by atomic mass is 16.1. The monoisotopic (exact) mass is 204 g/mol. The predicted molar refractivity (Wildman–Crippen MR) is 58.6 cm³/mol. The molecule has 0 atom stereocenters. The van der Waals surface area contributed by atoms with Gasteiger partial charge in [-0.3, -0.25) is 0 Å². The molecule has 0 fully saturated rings. The fraction of sp³-hybridized carbons (Fsp3) is 0.583. The molecule has 1 heterocycles. The number of aromatic nitrogens is 1. The summed E-state index contributed by atoms with van der Waals surface area (Å²) in [4.78, 5) is 17.6. The molecule has 1 aliphatic carbocycles. The van der Waals surface area contributed by atoms with E-state index in [0.717, 1.165) is 18.5 Å². The van der Waals surface area contributed by atoms with Crippen molar-refractivity contribution >= 4 is 6.08 Å². The second-order valence-electron chi connectivity index (χ2n) is 4.66. The number of hydrogen-bond donors (Lipinski definition) is 1. The topological polar surface area (TPSA) is 45.2 Å². The van der Waals surface area contributed by atoms with Crippen LogP contribution in [0.1, 0.15) is 43.6 Å². The molecule has 3 nitrogen and oxygen atoms in total. The van der Waals surface area contributed by atoms with E-state index in [1.165, 1.54) is 24.1 Å². The smallest absolute Gasteiger partial charge is 0.235 e. The van der Waals surface area contributed by atoms with Crippen molar-refractivity contribution in [1.82, 2.24) is 4.98 Å². The maximum Gasteiger partial charge on any atom is 0.235 e. The third-order valence-corrected chi connectivity index (χ3v) is 3.10. The zero-order chi connectivity index (χ0) is 10.9. The molecule has 15 heavy (non-hydrogen) atoms. The summed E-state index contributed by atoms with van der Waals surface area (Å²) in [6.45, 7) is 3.85. The van der Waals surface area contributed by atoms with Crippen LogP contribution in [0.4, 0.5) is 0 Å². The Balaban J connectivity index is 2.37. The number of fused-ring (bicyclic) bond motifs is 1. The van der Waals surface area contributed by atoms with Gasteiger partial charge in [-0.25, -0.2) is 4.79 Å². The molecule has 1 aromatic rings. The Morgan fingerprint density at radius 3 is 2.80 bits per heavy atom. The maximum absolute atomic E-state index is 10.3. The quantitative estimate of drug-likeness (QED) is 0.583. The number of aryl methyl sites for hydroxylation is 2. The van der Waals surface area contributed by atoms with Gasteiger partial charge in [0, 0.05) is 11.4 Å². The molecule has 1 N–H and O–H groups in total. The summed E-state index contributed by atoms with van der Waals surface area (Å²) in [5, 5.41) is 0. The van der Waals surface area contributed by atoms with Gasteiger partial charge in [0.2, 0.25) is 6.08 Å². The van der Waals surface area contributed by atoms with Crippen LogP contribution < -0.4 is 0 Å². The van der Waals surface area contributed by atoms with Crippen LogP contribution in [0.2, 0.25) is 0 Å². The average molecular weight is 204 g/mol. The molecule has 3 heteroatoms. The Kier molecular flexibility index (Phi) is 2.49. The first-order valence-electron chi connectivity index (χ1n) is 5.44. The Morgan fingerprint density at radius 1 is 1.40 bits per heavy atom. The molecular formula is C12H16N2O. The van der Waals surface area contributed by atoms with Gasteiger partial charge >= 0.3 is 0 Å². The zero-order valence-corrected chi connectivity index (χ0v) is 9.26. The van der Waals surface area contributed by atoms with Gasteiger partial charge in [-0.2, -0.15) is 4.99 Å². The third-order valence-electron chi connectivity index (χ3n) is 3.10. The third kappa shape index (κ3) is 1.88. The highest BCUT2D eigenvalue weighted by molar-refractivity contribution is 5.38. The van der Waals surface area contributed by atoms with E-state index in [9.17, 15) is 4.79 Å². The average Bonchev–Trinajstić information content (AvgIpc) is 2.61. The van der Waals surface area contributed by atoms with Crippen LogP contribution in [0.25, 0.3) is 0 Å². The lowest BCUT2D eigenvalue weighted by atomic mass is 9.97. The first-order chi connectivity index (χ1) is 7.13. The molecule has 0 saturated heterocycles. The number of aromatic amines is 1. The second-order valence-corrected chi connectivity index (χ2v) is 4.66. The number of isocyanates is 1. The first-order valence-corrected chi connectivity index (χ1v) is 5.44. The van der Waals surface area contributed by atoms with E-state index in [0.29, 0.717) is 0 Å². The van der Waals surface area contributed by atoms with Crippen molar-refractivity contribution in [2.24, 2.45) is 4.99 Å². The van der Waals surface area contributed by atoms with Crippen molar-refractivity contribution in [3.8, 4) is 0 Å². The number of carbonyl (C=O) groups excluding carboxylic acids is 1. The number of nitrogens with one attached hydrogen (secondary N) is 1. The minimum absolute atomic E-state index is 0.473. The lowest BCUT2D eigenvalue weighted by Gasteiger charge is -2.15. The van der Waals surface area contributed by atoms with Gasteiger partial charge in [-0.1, -0.05) is 0 Å². The Hall–Kier alpha value is -1.34. The molecule has 0 aromatic carbocycles. The second kappa shape index (κ2) is 3.67. The highest BCUT2D eigenvalue weighted by Crippen LogP contribution is 2.29. The number of nitrogens with zero attached hydrogens (tertiary/aromatic N) is 1. The summed E-state index contributed by atoms with van der Waals surface area (Å²) in [7, 11) is 0. The number of H-pyrrole nitrogens is 1. The van der Waals surface area contributed by atoms with E-state index in [1.54, 1.807) is 6.08 Å². The SMILES string of the molecule is CC(C)(N=C=O)c1cc2c([nH]1)CCCC2. The molecule has 80 valence electrons. The van der Waals surface area contributed by atoms with Crippen LogP contribution in [-0.4, -0.2) is 11.1 Å². The van der Waals surface area contributed by atoms with Gasteiger partial charge in [-0.15, -0.1) is 0 Å². The van der Waals surface area contributed by atoms with E-state index in [2.05, 4.69) is 16.0 Å². The van der Waals surface area contributed by atoms with Crippen LogP contribution in [0.3, 0.4) is 0 Å². The molecule has 0 spiro atoms. The molecular weight excluding hydrogens is 188 g/mol. The number of hydrogen-bond acceptors (Lipinski definition) is 2. The van der Waals surface area contributed by atoms with Crippen LogP contribution in [-0.2, 0) is 23.2 Å². The molecule has 1 aromatic heterocycles. The van der Waals surface area contributed by atoms with Gasteiger partial charge in [0.25, 0.3) is 0 Å². The summed E-state index contributed by atoms with van der Waals surface area (Å²) in [5.74, 6) is 0. The van der Waals surface area contributed by atoms with E-state index in [1.807, 2.05) is 13.8 Å². The lowest BCUT2D eigenvalue weighted by Crippen LogP contribution is -2.13. The van der Waals surface area contributed by atoms with Gasteiger partial charge < -0.3 is 4.98 Å². The molecule has 0 saturated carbocycles. The molecule has 0 aliphatic heterocycles. The summed E-state index contributed by atoms with van der Waals surface area (Å²) in [6.07, 6.45) is 6.43.